The number of hydrogen-bond acceptors (Lipinski definition) is 7. The Morgan fingerprint density at radius 2 is 1.71 bits per heavy atom. The first-order valence-corrected chi connectivity index (χ1v) is 14.4. The van der Waals surface area contributed by atoms with E-state index in [1.807, 2.05) is 75.4 Å². The van der Waals surface area contributed by atoms with E-state index in [9.17, 15) is 14.7 Å². The molecule has 1 heterocycles. The molecular formula is C34H41NO7. The van der Waals surface area contributed by atoms with E-state index in [1.54, 1.807) is 23.1 Å². The molecule has 0 aliphatic carbocycles. The van der Waals surface area contributed by atoms with Crippen LogP contribution in [0.2, 0.25) is 0 Å². The minimum Gasteiger partial charge on any atom is -0.507 e. The second-order valence-corrected chi connectivity index (χ2v) is 11.4. The second kappa shape index (κ2) is 14.3. The molecule has 3 aromatic carbocycles. The van der Waals surface area contributed by atoms with Gasteiger partial charge in [0.2, 0.25) is 0 Å². The van der Waals surface area contributed by atoms with Gasteiger partial charge in [-0.25, -0.2) is 9.59 Å². The number of esters is 1. The summed E-state index contributed by atoms with van der Waals surface area (Å²) in [6.07, 6.45) is 2.43. The highest BCUT2D eigenvalue weighted by Crippen LogP contribution is 2.28. The maximum atomic E-state index is 13.4. The van der Waals surface area contributed by atoms with Gasteiger partial charge in [-0.05, 0) is 80.8 Å². The minimum atomic E-state index is -0.637. The van der Waals surface area contributed by atoms with Gasteiger partial charge in [0, 0.05) is 13.2 Å². The van der Waals surface area contributed by atoms with Crippen molar-refractivity contribution >= 4 is 12.1 Å². The number of methoxy groups -OCH3 is 1. The third-order valence-corrected chi connectivity index (χ3v) is 7.02. The molecule has 8 heteroatoms. The van der Waals surface area contributed by atoms with Crippen LogP contribution in [0.4, 0.5) is 4.79 Å². The van der Waals surface area contributed by atoms with Crippen LogP contribution in [0.25, 0.3) is 11.1 Å². The molecule has 0 aromatic heterocycles. The molecule has 0 spiro atoms. The van der Waals surface area contributed by atoms with E-state index in [0.29, 0.717) is 26.1 Å². The molecule has 1 saturated heterocycles. The average Bonchev–Trinajstić information content (AvgIpc) is 2.98. The molecule has 1 unspecified atom stereocenters. The molecule has 1 N–H and O–H groups in total. The second-order valence-electron chi connectivity index (χ2n) is 11.4. The van der Waals surface area contributed by atoms with Crippen LogP contribution in [0.1, 0.15) is 67.6 Å². The highest BCUT2D eigenvalue weighted by atomic mass is 16.7. The largest absolute Gasteiger partial charge is 0.507 e. The molecule has 2 atom stereocenters. The van der Waals surface area contributed by atoms with Crippen molar-refractivity contribution in [2.45, 2.75) is 64.4 Å². The summed E-state index contributed by atoms with van der Waals surface area (Å²) in [5, 5.41) is 10.3. The van der Waals surface area contributed by atoms with Crippen LogP contribution in [-0.4, -0.2) is 60.8 Å². The van der Waals surface area contributed by atoms with Gasteiger partial charge in [0.1, 0.15) is 23.0 Å². The van der Waals surface area contributed by atoms with Crippen molar-refractivity contribution in [3.8, 4) is 16.9 Å². The predicted molar refractivity (Wildman–Crippen MR) is 160 cm³/mol. The molecule has 0 saturated carbocycles. The fraction of sp³-hybridized carbons (Fsp3) is 0.412. The lowest BCUT2D eigenvalue weighted by Gasteiger charge is -2.33. The summed E-state index contributed by atoms with van der Waals surface area (Å²) in [6, 6.07) is 22.7. The van der Waals surface area contributed by atoms with E-state index >= 15 is 0 Å². The van der Waals surface area contributed by atoms with Crippen molar-refractivity contribution in [3.05, 3.63) is 89.5 Å². The van der Waals surface area contributed by atoms with E-state index in [-0.39, 0.29) is 23.7 Å². The summed E-state index contributed by atoms with van der Waals surface area (Å²) in [5.74, 6) is -0.722. The first-order chi connectivity index (χ1) is 20.1. The highest BCUT2D eigenvalue weighted by molar-refractivity contribution is 5.93. The topological polar surface area (TPSA) is 94.5 Å². The zero-order valence-corrected chi connectivity index (χ0v) is 24.9. The molecule has 3 aromatic rings. The zero-order chi connectivity index (χ0) is 30.1. The third-order valence-electron chi connectivity index (χ3n) is 7.02. The number of aromatic hydroxyl groups is 1. The monoisotopic (exact) mass is 575 g/mol. The SMILES string of the molecule is COC(=O)c1ccc(-c2ccc(CCN(C[C@H](OC3CCCCO3)c3ccccc3)C(=O)OC(C)(C)C)cc2)cc1O. The van der Waals surface area contributed by atoms with Crippen molar-refractivity contribution in [2.75, 3.05) is 26.8 Å². The van der Waals surface area contributed by atoms with Gasteiger partial charge in [-0.15, -0.1) is 0 Å². The molecule has 8 nitrogen and oxygen atoms in total. The number of hydrogen-bond donors (Lipinski definition) is 1. The molecule has 1 fully saturated rings. The molecule has 224 valence electrons. The fourth-order valence-corrected chi connectivity index (χ4v) is 4.80. The summed E-state index contributed by atoms with van der Waals surface area (Å²) in [6.45, 7) is 7.01. The van der Waals surface area contributed by atoms with Crippen molar-refractivity contribution in [2.24, 2.45) is 0 Å². The summed E-state index contributed by atoms with van der Waals surface area (Å²) in [4.78, 5) is 26.9. The maximum Gasteiger partial charge on any atom is 0.410 e. The average molecular weight is 576 g/mol. The lowest BCUT2D eigenvalue weighted by molar-refractivity contribution is -0.192. The third kappa shape index (κ3) is 8.81. The standard InChI is InChI=1S/C34H41NO7/c1-34(2,3)42-33(38)35(23-30(26-10-6-5-7-11-26)41-31-12-8-9-21-40-31)20-19-24-13-15-25(16-14-24)27-17-18-28(29(36)22-27)32(37)39-4/h5-7,10-11,13-18,22,30-31,36H,8-9,12,19-21,23H2,1-4H3/t30-,31?/m0/s1. The Balaban J connectivity index is 1.49. The summed E-state index contributed by atoms with van der Waals surface area (Å²) in [7, 11) is 1.28. The van der Waals surface area contributed by atoms with Crippen LogP contribution >= 0.6 is 0 Å². The van der Waals surface area contributed by atoms with Crippen LogP contribution in [-0.2, 0) is 25.4 Å². The highest BCUT2D eigenvalue weighted by Gasteiger charge is 2.28. The Hall–Kier alpha value is -3.88. The number of rotatable bonds is 10. The smallest absolute Gasteiger partial charge is 0.410 e. The first kappa shape index (κ1) is 31.1. The van der Waals surface area contributed by atoms with E-state index in [1.165, 1.54) is 7.11 Å². The molecule has 4 rings (SSSR count). The van der Waals surface area contributed by atoms with Gasteiger partial charge < -0.3 is 29.0 Å². The lowest BCUT2D eigenvalue weighted by atomic mass is 10.0. The first-order valence-electron chi connectivity index (χ1n) is 14.4. The number of nitrogens with zero attached hydrogens (tertiary/aromatic N) is 1. The Kier molecular flexibility index (Phi) is 10.6. The molecule has 1 aliphatic rings. The lowest BCUT2D eigenvalue weighted by Crippen LogP contribution is -2.41. The van der Waals surface area contributed by atoms with E-state index in [0.717, 1.165) is 41.5 Å². The van der Waals surface area contributed by atoms with Gasteiger partial charge in [-0.3, -0.25) is 0 Å². The Bertz CT molecular complexity index is 1310. The molecule has 1 aliphatic heterocycles. The van der Waals surface area contributed by atoms with Gasteiger partial charge in [-0.1, -0.05) is 60.7 Å². The number of carbonyl (C=O) groups excluding carboxylic acids is 2. The summed E-state index contributed by atoms with van der Waals surface area (Å²) >= 11 is 0. The maximum absolute atomic E-state index is 13.4. The van der Waals surface area contributed by atoms with Crippen LogP contribution in [0.5, 0.6) is 5.75 Å². The number of benzene rings is 3. The number of phenolic OH excluding ortho intramolecular Hbond substituents is 1. The van der Waals surface area contributed by atoms with E-state index in [2.05, 4.69) is 0 Å². The molecule has 0 radical (unpaired) electrons. The number of carbonyl (C=O) groups is 2. The Morgan fingerprint density at radius 1 is 1.00 bits per heavy atom. The van der Waals surface area contributed by atoms with Gasteiger partial charge in [0.25, 0.3) is 0 Å². The summed E-state index contributed by atoms with van der Waals surface area (Å²) in [5.41, 5.74) is 3.16. The van der Waals surface area contributed by atoms with Gasteiger partial charge >= 0.3 is 12.1 Å². The van der Waals surface area contributed by atoms with E-state index in [4.69, 9.17) is 18.9 Å². The minimum absolute atomic E-state index is 0.118. The van der Waals surface area contributed by atoms with Crippen molar-refractivity contribution in [1.82, 2.24) is 4.90 Å². The van der Waals surface area contributed by atoms with Gasteiger partial charge in [0.15, 0.2) is 6.29 Å². The quantitative estimate of drug-likeness (QED) is 0.263. The number of ether oxygens (including phenoxy) is 4. The van der Waals surface area contributed by atoms with Gasteiger partial charge in [0.05, 0.1) is 13.7 Å². The molecule has 1 amide bonds. The van der Waals surface area contributed by atoms with Crippen LogP contribution < -0.4 is 0 Å². The van der Waals surface area contributed by atoms with Crippen molar-refractivity contribution in [3.63, 3.8) is 0 Å². The summed E-state index contributed by atoms with van der Waals surface area (Å²) < 4.78 is 22.8. The predicted octanol–water partition coefficient (Wildman–Crippen LogP) is 6.91. The molecule has 42 heavy (non-hydrogen) atoms. The normalized spacial score (nSPS) is 16.0. The fourth-order valence-electron chi connectivity index (χ4n) is 4.80. The molecule has 0 bridgehead atoms. The van der Waals surface area contributed by atoms with Crippen LogP contribution in [0.15, 0.2) is 72.8 Å². The Labute approximate surface area is 248 Å². The van der Waals surface area contributed by atoms with Crippen LogP contribution in [0, 0.1) is 0 Å². The van der Waals surface area contributed by atoms with Crippen LogP contribution in [0.3, 0.4) is 0 Å². The number of phenols is 1. The van der Waals surface area contributed by atoms with E-state index < -0.39 is 17.7 Å². The zero-order valence-electron chi connectivity index (χ0n) is 24.9. The Morgan fingerprint density at radius 3 is 2.33 bits per heavy atom. The number of amides is 1. The van der Waals surface area contributed by atoms with Crippen molar-refractivity contribution in [1.29, 1.82) is 0 Å². The van der Waals surface area contributed by atoms with Crippen molar-refractivity contribution < 1.29 is 33.6 Å². The van der Waals surface area contributed by atoms with Gasteiger partial charge in [-0.2, -0.15) is 0 Å². The molecular weight excluding hydrogens is 534 g/mol.